The molecule has 3 aromatic carbocycles. The molecule has 0 atom stereocenters. The largest absolute Gasteiger partial charge is 0.465 e. The molecular weight excluding hydrogens is 440 g/mol. The van der Waals surface area contributed by atoms with Gasteiger partial charge in [-0.25, -0.2) is 13.2 Å². The fourth-order valence-corrected chi connectivity index (χ4v) is 4.27. The number of carbonyl (C=O) groups excluding carboxylic acids is 2. The number of para-hydroxylation sites is 2. The third kappa shape index (κ3) is 4.70. The summed E-state index contributed by atoms with van der Waals surface area (Å²) in [4.78, 5) is 24.7. The number of nitrogens with zero attached hydrogens (tertiary/aromatic N) is 1. The van der Waals surface area contributed by atoms with Crippen LogP contribution in [0.25, 0.3) is 0 Å². The average molecular weight is 459 g/mol. The number of benzene rings is 3. The van der Waals surface area contributed by atoms with Gasteiger partial charge in [0.1, 0.15) is 0 Å². The third-order valence-electron chi connectivity index (χ3n) is 4.54. The quantitative estimate of drug-likeness (QED) is 0.559. The summed E-state index contributed by atoms with van der Waals surface area (Å²) < 4.78 is 31.9. The molecule has 160 valence electrons. The van der Waals surface area contributed by atoms with Gasteiger partial charge in [-0.1, -0.05) is 41.9 Å². The molecule has 0 unspecified atom stereocenters. The number of amides is 1. The van der Waals surface area contributed by atoms with Crippen molar-refractivity contribution in [3.8, 4) is 0 Å². The van der Waals surface area contributed by atoms with Crippen molar-refractivity contribution in [2.24, 2.45) is 0 Å². The number of esters is 1. The summed E-state index contributed by atoms with van der Waals surface area (Å²) in [6.45, 7) is 0. The van der Waals surface area contributed by atoms with Crippen LogP contribution in [-0.2, 0) is 14.8 Å². The minimum Gasteiger partial charge on any atom is -0.465 e. The first-order valence-corrected chi connectivity index (χ1v) is 10.9. The Labute approximate surface area is 185 Å². The van der Waals surface area contributed by atoms with Crippen LogP contribution >= 0.6 is 11.6 Å². The minimum atomic E-state index is -3.94. The van der Waals surface area contributed by atoms with Crippen molar-refractivity contribution < 1.29 is 22.7 Å². The zero-order chi connectivity index (χ0) is 22.6. The van der Waals surface area contributed by atoms with Crippen LogP contribution in [0.1, 0.15) is 20.7 Å². The van der Waals surface area contributed by atoms with Gasteiger partial charge in [0.05, 0.1) is 39.5 Å². The number of carbonyl (C=O) groups is 2. The maximum absolute atomic E-state index is 13.0. The molecule has 3 aromatic rings. The minimum absolute atomic E-state index is 0.0520. The van der Waals surface area contributed by atoms with Crippen molar-refractivity contribution in [3.05, 3.63) is 88.9 Å². The Bertz CT molecular complexity index is 1230. The fourth-order valence-electron chi connectivity index (χ4n) is 2.84. The molecule has 0 saturated carbocycles. The van der Waals surface area contributed by atoms with Crippen LogP contribution in [0.2, 0.25) is 5.02 Å². The normalized spacial score (nSPS) is 10.9. The van der Waals surface area contributed by atoms with E-state index in [9.17, 15) is 18.0 Å². The molecule has 0 aliphatic carbocycles. The van der Waals surface area contributed by atoms with Crippen LogP contribution in [0.15, 0.2) is 77.7 Å². The predicted octanol–water partition coefficient (Wildman–Crippen LogP) is 4.20. The number of rotatable bonds is 6. The first-order valence-electron chi connectivity index (χ1n) is 9.08. The van der Waals surface area contributed by atoms with Crippen LogP contribution in [0.4, 0.5) is 11.4 Å². The van der Waals surface area contributed by atoms with E-state index in [1.54, 1.807) is 42.5 Å². The topological polar surface area (TPSA) is 92.8 Å². The summed E-state index contributed by atoms with van der Waals surface area (Å²) in [7, 11) is -1.29. The Hall–Kier alpha value is -3.36. The highest BCUT2D eigenvalue weighted by Gasteiger charge is 2.24. The molecular formula is C22H19ClN2O5S. The zero-order valence-corrected chi connectivity index (χ0v) is 18.3. The lowest BCUT2D eigenvalue weighted by molar-refractivity contribution is 0.0602. The number of nitrogens with one attached hydrogen (secondary N) is 1. The summed E-state index contributed by atoms with van der Waals surface area (Å²) in [5.41, 5.74) is 0.784. The van der Waals surface area contributed by atoms with Gasteiger partial charge in [-0.05, 0) is 42.5 Å². The van der Waals surface area contributed by atoms with Crippen LogP contribution in [-0.4, -0.2) is 34.5 Å². The molecule has 31 heavy (non-hydrogen) atoms. The maximum atomic E-state index is 13.0. The molecule has 0 radical (unpaired) electrons. The van der Waals surface area contributed by atoms with E-state index in [-0.39, 0.29) is 26.7 Å². The zero-order valence-electron chi connectivity index (χ0n) is 16.7. The highest BCUT2D eigenvalue weighted by molar-refractivity contribution is 7.92. The van der Waals surface area contributed by atoms with Crippen molar-refractivity contribution in [2.45, 2.75) is 4.90 Å². The first-order chi connectivity index (χ1) is 14.8. The second-order valence-electron chi connectivity index (χ2n) is 6.44. The molecule has 9 heteroatoms. The van der Waals surface area contributed by atoms with Crippen molar-refractivity contribution in [2.75, 3.05) is 23.8 Å². The van der Waals surface area contributed by atoms with Crippen LogP contribution < -0.4 is 9.62 Å². The van der Waals surface area contributed by atoms with Gasteiger partial charge in [0.2, 0.25) is 0 Å². The van der Waals surface area contributed by atoms with E-state index in [0.717, 1.165) is 4.31 Å². The van der Waals surface area contributed by atoms with Gasteiger partial charge >= 0.3 is 5.97 Å². The lowest BCUT2D eigenvalue weighted by Gasteiger charge is -2.20. The van der Waals surface area contributed by atoms with Gasteiger partial charge in [0.25, 0.3) is 15.9 Å². The summed E-state index contributed by atoms with van der Waals surface area (Å²) in [6, 6.07) is 18.7. The first kappa shape index (κ1) is 22.3. The molecule has 1 N–H and O–H groups in total. The van der Waals surface area contributed by atoms with E-state index < -0.39 is 21.9 Å². The van der Waals surface area contributed by atoms with Crippen molar-refractivity contribution in [1.29, 1.82) is 0 Å². The van der Waals surface area contributed by atoms with E-state index in [2.05, 4.69) is 5.32 Å². The smallest absolute Gasteiger partial charge is 0.339 e. The van der Waals surface area contributed by atoms with Gasteiger partial charge in [-0.15, -0.1) is 0 Å². The SMILES string of the molecule is COC(=O)c1ccccc1NC(=O)c1cc(S(=O)(=O)N(C)c2ccccc2)ccc1Cl. The number of sulfonamides is 1. The van der Waals surface area contributed by atoms with Crippen LogP contribution in [0.5, 0.6) is 0 Å². The van der Waals surface area contributed by atoms with E-state index in [4.69, 9.17) is 16.3 Å². The molecule has 0 spiro atoms. The Morgan fingerprint density at radius 3 is 2.26 bits per heavy atom. The van der Waals surface area contributed by atoms with Gasteiger partial charge in [0, 0.05) is 7.05 Å². The van der Waals surface area contributed by atoms with Crippen LogP contribution in [0.3, 0.4) is 0 Å². The summed E-state index contributed by atoms with van der Waals surface area (Å²) >= 11 is 6.17. The number of hydrogen-bond acceptors (Lipinski definition) is 5. The van der Waals surface area contributed by atoms with E-state index >= 15 is 0 Å². The number of methoxy groups -OCH3 is 1. The number of hydrogen-bond donors (Lipinski definition) is 1. The lowest BCUT2D eigenvalue weighted by Crippen LogP contribution is -2.27. The lowest BCUT2D eigenvalue weighted by atomic mass is 10.1. The fraction of sp³-hybridized carbons (Fsp3) is 0.0909. The summed E-state index contributed by atoms with van der Waals surface area (Å²) in [5, 5.41) is 2.65. The summed E-state index contributed by atoms with van der Waals surface area (Å²) in [5.74, 6) is -1.29. The number of halogens is 1. The maximum Gasteiger partial charge on any atom is 0.339 e. The molecule has 7 nitrogen and oxygen atoms in total. The Kier molecular flexibility index (Phi) is 6.62. The number of ether oxygens (including phenoxy) is 1. The Morgan fingerprint density at radius 1 is 0.935 bits per heavy atom. The molecule has 0 fully saturated rings. The molecule has 0 saturated heterocycles. The highest BCUT2D eigenvalue weighted by Crippen LogP contribution is 2.27. The van der Waals surface area contributed by atoms with E-state index in [0.29, 0.717) is 5.69 Å². The molecule has 0 aliphatic rings. The average Bonchev–Trinajstić information content (AvgIpc) is 2.79. The second-order valence-corrected chi connectivity index (χ2v) is 8.82. The molecule has 0 bridgehead atoms. The predicted molar refractivity (Wildman–Crippen MR) is 119 cm³/mol. The van der Waals surface area contributed by atoms with Crippen molar-refractivity contribution in [1.82, 2.24) is 0 Å². The van der Waals surface area contributed by atoms with Gasteiger partial charge in [0.15, 0.2) is 0 Å². The molecule has 3 rings (SSSR count). The Balaban J connectivity index is 1.95. The van der Waals surface area contributed by atoms with Crippen molar-refractivity contribution >= 4 is 44.9 Å². The third-order valence-corrected chi connectivity index (χ3v) is 6.65. The molecule has 0 aliphatic heterocycles. The molecule has 0 aromatic heterocycles. The van der Waals surface area contributed by atoms with Gasteiger partial charge < -0.3 is 10.1 Å². The second kappa shape index (κ2) is 9.20. The van der Waals surface area contributed by atoms with Gasteiger partial charge in [-0.2, -0.15) is 0 Å². The van der Waals surface area contributed by atoms with Gasteiger partial charge in [-0.3, -0.25) is 9.10 Å². The Morgan fingerprint density at radius 2 is 1.58 bits per heavy atom. The summed E-state index contributed by atoms with van der Waals surface area (Å²) in [6.07, 6.45) is 0. The standard InChI is InChI=1S/C22H19ClN2O5S/c1-25(15-8-4-3-5-9-15)31(28,29)16-12-13-19(23)18(14-16)21(26)24-20-11-7-6-10-17(20)22(27)30-2/h3-14H,1-2H3,(H,24,26). The highest BCUT2D eigenvalue weighted by atomic mass is 35.5. The van der Waals surface area contributed by atoms with E-state index in [1.807, 2.05) is 0 Å². The monoisotopic (exact) mass is 458 g/mol. The van der Waals surface area contributed by atoms with E-state index in [1.165, 1.54) is 44.5 Å². The number of anilines is 2. The molecule has 0 heterocycles. The van der Waals surface area contributed by atoms with Crippen molar-refractivity contribution in [3.63, 3.8) is 0 Å². The van der Waals surface area contributed by atoms with Crippen LogP contribution in [0, 0.1) is 0 Å². The molecule has 1 amide bonds.